The molecule has 0 aromatic heterocycles. The van der Waals surface area contributed by atoms with Gasteiger partial charge >= 0.3 is 6.03 Å². The van der Waals surface area contributed by atoms with Gasteiger partial charge in [0.2, 0.25) is 5.91 Å². The molecule has 18 heavy (non-hydrogen) atoms. The Bertz CT molecular complexity index is 296. The molecule has 0 aromatic rings. The van der Waals surface area contributed by atoms with Gasteiger partial charge in [0.15, 0.2) is 0 Å². The summed E-state index contributed by atoms with van der Waals surface area (Å²) < 4.78 is 0. The molecule has 1 rings (SSSR count). The van der Waals surface area contributed by atoms with E-state index in [-0.39, 0.29) is 11.9 Å². The number of likely N-dealkylation sites (tertiary alicyclic amines) is 1. The van der Waals surface area contributed by atoms with Crippen LogP contribution < -0.4 is 16.0 Å². The summed E-state index contributed by atoms with van der Waals surface area (Å²) in [5.74, 6) is -0.238. The summed E-state index contributed by atoms with van der Waals surface area (Å²) in [5.41, 5.74) is 0. The average molecular weight is 256 g/mol. The second kappa shape index (κ2) is 7.33. The lowest BCUT2D eigenvalue weighted by atomic mass is 10.0. The third-order valence-corrected chi connectivity index (χ3v) is 3.36. The maximum absolute atomic E-state index is 11.9. The van der Waals surface area contributed by atoms with Crippen molar-refractivity contribution < 1.29 is 9.59 Å². The Morgan fingerprint density at radius 1 is 1.44 bits per heavy atom. The van der Waals surface area contributed by atoms with Gasteiger partial charge in [-0.2, -0.15) is 0 Å². The van der Waals surface area contributed by atoms with E-state index in [0.29, 0.717) is 12.6 Å². The van der Waals surface area contributed by atoms with Crippen LogP contribution in [0.4, 0.5) is 4.79 Å². The van der Waals surface area contributed by atoms with Gasteiger partial charge in [-0.1, -0.05) is 0 Å². The highest BCUT2D eigenvalue weighted by Gasteiger charge is 2.27. The lowest BCUT2D eigenvalue weighted by molar-refractivity contribution is -0.125. The van der Waals surface area contributed by atoms with Crippen LogP contribution in [-0.2, 0) is 4.79 Å². The first kappa shape index (κ1) is 14.9. The van der Waals surface area contributed by atoms with Gasteiger partial charge in [0.25, 0.3) is 0 Å². The molecule has 1 heterocycles. The number of amides is 3. The third-order valence-electron chi connectivity index (χ3n) is 3.36. The molecule has 0 saturated carbocycles. The van der Waals surface area contributed by atoms with Gasteiger partial charge in [0.05, 0.1) is 6.04 Å². The molecule has 0 aliphatic carbocycles. The summed E-state index contributed by atoms with van der Waals surface area (Å²) in [5, 5.41) is 8.15. The zero-order valence-corrected chi connectivity index (χ0v) is 11.5. The molecule has 2 atom stereocenters. The highest BCUT2D eigenvalue weighted by molar-refractivity contribution is 5.96. The molecule has 1 aliphatic rings. The van der Waals surface area contributed by atoms with Crippen molar-refractivity contribution in [1.82, 2.24) is 20.9 Å². The second-order valence-corrected chi connectivity index (χ2v) is 4.65. The minimum Gasteiger partial charge on any atom is -0.338 e. The predicted molar refractivity (Wildman–Crippen MR) is 70.3 cm³/mol. The molecule has 0 bridgehead atoms. The predicted octanol–water partition coefficient (Wildman–Crippen LogP) is -0.0956. The summed E-state index contributed by atoms with van der Waals surface area (Å²) in [6, 6.07) is -0.265. The number of nitrogens with one attached hydrogen (secondary N) is 3. The number of carbonyl (C=O) groups excluding carboxylic acids is 2. The van der Waals surface area contributed by atoms with Gasteiger partial charge in [0, 0.05) is 19.1 Å². The van der Waals surface area contributed by atoms with Crippen molar-refractivity contribution in [1.29, 1.82) is 0 Å². The van der Waals surface area contributed by atoms with E-state index in [1.165, 1.54) is 0 Å². The van der Waals surface area contributed by atoms with Crippen LogP contribution in [0, 0.1) is 0 Å². The van der Waals surface area contributed by atoms with Crippen LogP contribution in [0.3, 0.4) is 0 Å². The first-order chi connectivity index (χ1) is 8.58. The van der Waals surface area contributed by atoms with Gasteiger partial charge in [-0.05, 0) is 40.3 Å². The van der Waals surface area contributed by atoms with Crippen LogP contribution in [0.2, 0.25) is 0 Å². The van der Waals surface area contributed by atoms with Crippen LogP contribution in [0.25, 0.3) is 0 Å². The normalized spacial score (nSPS) is 22.3. The average Bonchev–Trinajstić information content (AvgIpc) is 2.38. The lowest BCUT2D eigenvalue weighted by Crippen LogP contribution is -2.54. The fourth-order valence-corrected chi connectivity index (χ4v) is 2.18. The Labute approximate surface area is 108 Å². The van der Waals surface area contributed by atoms with Crippen molar-refractivity contribution >= 4 is 11.9 Å². The smallest absolute Gasteiger partial charge is 0.321 e. The third kappa shape index (κ3) is 4.27. The zero-order chi connectivity index (χ0) is 13.5. The highest BCUT2D eigenvalue weighted by Crippen LogP contribution is 2.12. The molecule has 6 heteroatoms. The number of hydrogen-bond acceptors (Lipinski definition) is 4. The zero-order valence-electron chi connectivity index (χ0n) is 11.5. The largest absolute Gasteiger partial charge is 0.338 e. The van der Waals surface area contributed by atoms with E-state index >= 15 is 0 Å². The Morgan fingerprint density at radius 3 is 2.78 bits per heavy atom. The number of likely N-dealkylation sites (N-methyl/N-ethyl adjacent to an activating group) is 1. The molecule has 1 saturated heterocycles. The molecule has 2 unspecified atom stereocenters. The SMILES string of the molecule is CCNC(=O)NC(=O)C(C)N1CCCC(NC)C1. The van der Waals surface area contributed by atoms with E-state index in [4.69, 9.17) is 0 Å². The summed E-state index contributed by atoms with van der Waals surface area (Å²) in [6.07, 6.45) is 2.21. The molecule has 104 valence electrons. The fourth-order valence-electron chi connectivity index (χ4n) is 2.18. The molecular weight excluding hydrogens is 232 g/mol. The molecule has 3 N–H and O–H groups in total. The van der Waals surface area contributed by atoms with E-state index in [2.05, 4.69) is 20.9 Å². The van der Waals surface area contributed by atoms with Crippen LogP contribution in [0.1, 0.15) is 26.7 Å². The van der Waals surface area contributed by atoms with Crippen molar-refractivity contribution in [3.05, 3.63) is 0 Å². The monoisotopic (exact) mass is 256 g/mol. The standard InChI is InChI=1S/C12H24N4O2/c1-4-14-12(18)15-11(17)9(2)16-7-5-6-10(8-16)13-3/h9-10,13H,4-8H2,1-3H3,(H2,14,15,17,18). The summed E-state index contributed by atoms with van der Waals surface area (Å²) >= 11 is 0. The number of hydrogen-bond donors (Lipinski definition) is 3. The molecular formula is C12H24N4O2. The van der Waals surface area contributed by atoms with Gasteiger partial charge < -0.3 is 10.6 Å². The highest BCUT2D eigenvalue weighted by atomic mass is 16.2. The number of nitrogens with zero attached hydrogens (tertiary/aromatic N) is 1. The minimum absolute atomic E-state index is 0.238. The maximum atomic E-state index is 11.9. The second-order valence-electron chi connectivity index (χ2n) is 4.65. The Kier molecular flexibility index (Phi) is 6.07. The quantitative estimate of drug-likeness (QED) is 0.657. The molecule has 6 nitrogen and oxygen atoms in total. The van der Waals surface area contributed by atoms with Crippen molar-refractivity contribution in [3.63, 3.8) is 0 Å². The van der Waals surface area contributed by atoms with Gasteiger partial charge in [-0.3, -0.25) is 15.0 Å². The Balaban J connectivity index is 2.44. The van der Waals surface area contributed by atoms with Crippen LogP contribution >= 0.6 is 0 Å². The number of rotatable bonds is 4. The summed E-state index contributed by atoms with van der Waals surface area (Å²) in [6.45, 7) is 5.92. The van der Waals surface area contributed by atoms with Crippen LogP contribution in [-0.4, -0.2) is 55.6 Å². The van der Waals surface area contributed by atoms with Crippen molar-refractivity contribution in [2.45, 2.75) is 38.8 Å². The van der Waals surface area contributed by atoms with Gasteiger partial charge in [-0.25, -0.2) is 4.79 Å². The summed E-state index contributed by atoms with van der Waals surface area (Å²) in [7, 11) is 1.94. The first-order valence-electron chi connectivity index (χ1n) is 6.58. The van der Waals surface area contributed by atoms with Crippen molar-refractivity contribution in [3.8, 4) is 0 Å². The molecule has 1 fully saturated rings. The Hall–Kier alpha value is -1.14. The Morgan fingerprint density at radius 2 is 2.17 bits per heavy atom. The molecule has 0 radical (unpaired) electrons. The van der Waals surface area contributed by atoms with Crippen molar-refractivity contribution in [2.24, 2.45) is 0 Å². The number of urea groups is 1. The van der Waals surface area contributed by atoms with E-state index in [0.717, 1.165) is 25.9 Å². The van der Waals surface area contributed by atoms with E-state index in [1.807, 2.05) is 20.9 Å². The van der Waals surface area contributed by atoms with Gasteiger partial charge in [-0.15, -0.1) is 0 Å². The lowest BCUT2D eigenvalue weighted by Gasteiger charge is -2.35. The number of imide groups is 1. The first-order valence-corrected chi connectivity index (χ1v) is 6.58. The minimum atomic E-state index is -0.420. The molecule has 3 amide bonds. The van der Waals surface area contributed by atoms with Crippen LogP contribution in [0.5, 0.6) is 0 Å². The molecule has 1 aliphatic heterocycles. The van der Waals surface area contributed by atoms with Crippen LogP contribution in [0.15, 0.2) is 0 Å². The van der Waals surface area contributed by atoms with E-state index < -0.39 is 6.03 Å². The number of carbonyl (C=O) groups is 2. The maximum Gasteiger partial charge on any atom is 0.321 e. The number of piperidine rings is 1. The van der Waals surface area contributed by atoms with Crippen molar-refractivity contribution in [2.75, 3.05) is 26.7 Å². The molecule has 0 aromatic carbocycles. The fraction of sp³-hybridized carbons (Fsp3) is 0.833. The topological polar surface area (TPSA) is 73.5 Å². The molecule has 0 spiro atoms. The van der Waals surface area contributed by atoms with E-state index in [9.17, 15) is 9.59 Å². The van der Waals surface area contributed by atoms with E-state index in [1.54, 1.807) is 0 Å². The van der Waals surface area contributed by atoms with Gasteiger partial charge in [0.1, 0.15) is 0 Å². The summed E-state index contributed by atoms with van der Waals surface area (Å²) in [4.78, 5) is 25.3.